The van der Waals surface area contributed by atoms with Gasteiger partial charge in [0, 0.05) is 5.38 Å². The third-order valence-electron chi connectivity index (χ3n) is 2.27. The Bertz CT molecular complexity index is 655. The van der Waals surface area contributed by atoms with E-state index in [2.05, 4.69) is 17.2 Å². The number of hydrogen-bond donors (Lipinski definition) is 2. The maximum atomic E-state index is 13.4. The Kier molecular flexibility index (Phi) is 4.29. The second-order valence-corrected chi connectivity index (χ2v) is 4.50. The van der Waals surface area contributed by atoms with Crippen LogP contribution in [0.15, 0.2) is 35.7 Å². The van der Waals surface area contributed by atoms with E-state index in [9.17, 15) is 9.18 Å². The van der Waals surface area contributed by atoms with Gasteiger partial charge in [-0.25, -0.2) is 4.39 Å². The summed E-state index contributed by atoms with van der Waals surface area (Å²) in [6, 6.07) is 7.57. The van der Waals surface area contributed by atoms with Gasteiger partial charge >= 0.3 is 0 Å². The highest BCUT2D eigenvalue weighted by Gasteiger charge is 2.10. The molecule has 1 aromatic carbocycles. The molecule has 5 heteroatoms. The Labute approximate surface area is 113 Å². The molecule has 2 aromatic rings. The van der Waals surface area contributed by atoms with Gasteiger partial charge in [-0.15, -0.1) is 11.3 Å². The molecule has 0 fully saturated rings. The lowest BCUT2D eigenvalue weighted by atomic mass is 10.2. The summed E-state index contributed by atoms with van der Waals surface area (Å²) < 4.78 is 13.4. The molecule has 0 saturated carbocycles. The number of benzene rings is 1. The van der Waals surface area contributed by atoms with Crippen molar-refractivity contribution < 1.29 is 14.3 Å². The van der Waals surface area contributed by atoms with Gasteiger partial charge in [0.1, 0.15) is 12.4 Å². The van der Waals surface area contributed by atoms with E-state index in [-0.39, 0.29) is 12.3 Å². The molecular weight excluding hydrogens is 265 g/mol. The van der Waals surface area contributed by atoms with Crippen LogP contribution in [0.3, 0.4) is 0 Å². The highest BCUT2D eigenvalue weighted by atomic mass is 32.1. The quantitative estimate of drug-likeness (QED) is 0.827. The van der Waals surface area contributed by atoms with E-state index in [0.29, 0.717) is 10.4 Å². The zero-order valence-corrected chi connectivity index (χ0v) is 10.6. The van der Waals surface area contributed by atoms with Crippen LogP contribution in [-0.2, 0) is 0 Å². The van der Waals surface area contributed by atoms with Crippen molar-refractivity contribution in [2.45, 2.75) is 0 Å². The first-order valence-electron chi connectivity index (χ1n) is 5.45. The Morgan fingerprint density at radius 2 is 2.21 bits per heavy atom. The first kappa shape index (κ1) is 13.3. The maximum Gasteiger partial charge on any atom is 0.256 e. The van der Waals surface area contributed by atoms with Crippen LogP contribution in [0.25, 0.3) is 0 Å². The minimum atomic E-state index is -0.480. The summed E-state index contributed by atoms with van der Waals surface area (Å²) >= 11 is 1.29. The summed E-state index contributed by atoms with van der Waals surface area (Å²) in [5, 5.41) is 12.7. The van der Waals surface area contributed by atoms with E-state index >= 15 is 0 Å². The second kappa shape index (κ2) is 6.14. The second-order valence-electron chi connectivity index (χ2n) is 3.59. The fourth-order valence-corrected chi connectivity index (χ4v) is 2.16. The molecule has 2 rings (SSSR count). The predicted octanol–water partition coefficient (Wildman–Crippen LogP) is 2.48. The molecule has 0 aliphatic heterocycles. The van der Waals surface area contributed by atoms with Crippen molar-refractivity contribution in [1.82, 2.24) is 0 Å². The molecule has 1 aromatic heterocycles. The van der Waals surface area contributed by atoms with Gasteiger partial charge in [0.25, 0.3) is 5.91 Å². The number of amides is 1. The first-order chi connectivity index (χ1) is 9.20. The molecule has 2 N–H and O–H groups in total. The molecule has 3 nitrogen and oxygen atoms in total. The molecule has 1 heterocycles. The van der Waals surface area contributed by atoms with Crippen molar-refractivity contribution in [3.8, 4) is 11.8 Å². The first-order valence-corrected chi connectivity index (χ1v) is 6.33. The average Bonchev–Trinajstić information content (AvgIpc) is 2.88. The number of anilines is 1. The Balaban J connectivity index is 2.12. The molecule has 19 heavy (non-hydrogen) atoms. The number of hydrogen-bond acceptors (Lipinski definition) is 3. The molecular formula is C14H10FNO2S. The molecule has 0 atom stereocenters. The summed E-state index contributed by atoms with van der Waals surface area (Å²) in [6.07, 6.45) is 0. The minimum absolute atomic E-state index is 0.140. The average molecular weight is 275 g/mol. The third kappa shape index (κ3) is 3.41. The smallest absolute Gasteiger partial charge is 0.256 e. The number of aliphatic hydroxyl groups excluding tert-OH is 1. The fourth-order valence-electron chi connectivity index (χ4n) is 1.40. The van der Waals surface area contributed by atoms with Crippen LogP contribution in [-0.4, -0.2) is 17.6 Å². The van der Waals surface area contributed by atoms with E-state index in [0.717, 1.165) is 0 Å². The SMILES string of the molecule is O=C(Nc1ccccc1F)c1csc(C#CCO)c1. The Morgan fingerprint density at radius 3 is 2.95 bits per heavy atom. The van der Waals surface area contributed by atoms with Crippen LogP contribution in [0.5, 0.6) is 0 Å². The normalized spacial score (nSPS) is 9.58. The summed E-state index contributed by atoms with van der Waals surface area (Å²) in [6.45, 7) is -0.228. The lowest BCUT2D eigenvalue weighted by Crippen LogP contribution is -2.11. The molecule has 0 aliphatic carbocycles. The Morgan fingerprint density at radius 1 is 1.42 bits per heavy atom. The van der Waals surface area contributed by atoms with Crippen LogP contribution in [0.2, 0.25) is 0 Å². The van der Waals surface area contributed by atoms with Gasteiger partial charge in [0.05, 0.1) is 16.1 Å². The molecule has 1 amide bonds. The van der Waals surface area contributed by atoms with Crippen LogP contribution in [0, 0.1) is 17.7 Å². The van der Waals surface area contributed by atoms with Gasteiger partial charge in [0.15, 0.2) is 0 Å². The monoisotopic (exact) mass is 275 g/mol. The van der Waals surface area contributed by atoms with E-state index < -0.39 is 11.7 Å². The lowest BCUT2D eigenvalue weighted by molar-refractivity contribution is 0.102. The number of para-hydroxylation sites is 1. The number of carbonyl (C=O) groups is 1. The Hall–Kier alpha value is -2.16. The molecule has 0 aliphatic rings. The molecule has 0 radical (unpaired) electrons. The molecule has 0 saturated heterocycles. The van der Waals surface area contributed by atoms with E-state index in [1.165, 1.54) is 23.5 Å². The van der Waals surface area contributed by atoms with Crippen molar-refractivity contribution in [3.63, 3.8) is 0 Å². The number of aliphatic hydroxyl groups is 1. The van der Waals surface area contributed by atoms with Gasteiger partial charge in [-0.3, -0.25) is 4.79 Å². The number of halogens is 1. The van der Waals surface area contributed by atoms with E-state index in [1.807, 2.05) is 0 Å². The van der Waals surface area contributed by atoms with Crippen LogP contribution < -0.4 is 5.32 Å². The zero-order valence-electron chi connectivity index (χ0n) is 9.81. The van der Waals surface area contributed by atoms with Crippen molar-refractivity contribution >= 4 is 22.9 Å². The number of rotatable bonds is 2. The number of carbonyl (C=O) groups excluding carboxylic acids is 1. The highest BCUT2D eigenvalue weighted by Crippen LogP contribution is 2.17. The predicted molar refractivity (Wildman–Crippen MR) is 72.6 cm³/mol. The summed E-state index contributed by atoms with van der Waals surface area (Å²) in [7, 11) is 0. The van der Waals surface area contributed by atoms with Crippen molar-refractivity contribution in [3.05, 3.63) is 52.0 Å². The van der Waals surface area contributed by atoms with Crippen molar-refractivity contribution in [2.75, 3.05) is 11.9 Å². The van der Waals surface area contributed by atoms with E-state index in [4.69, 9.17) is 5.11 Å². The van der Waals surface area contributed by atoms with Gasteiger partial charge < -0.3 is 10.4 Å². The topological polar surface area (TPSA) is 49.3 Å². The largest absolute Gasteiger partial charge is 0.384 e. The van der Waals surface area contributed by atoms with Crippen molar-refractivity contribution in [1.29, 1.82) is 0 Å². The molecule has 96 valence electrons. The highest BCUT2D eigenvalue weighted by molar-refractivity contribution is 7.10. The van der Waals surface area contributed by atoms with Gasteiger partial charge in [-0.05, 0) is 18.2 Å². The summed E-state index contributed by atoms with van der Waals surface area (Å²) in [4.78, 5) is 12.6. The van der Waals surface area contributed by atoms with Gasteiger partial charge in [-0.1, -0.05) is 24.0 Å². The fraction of sp³-hybridized carbons (Fsp3) is 0.0714. The lowest BCUT2D eigenvalue weighted by Gasteiger charge is -2.04. The summed E-state index contributed by atoms with van der Waals surface area (Å²) in [5.41, 5.74) is 0.553. The maximum absolute atomic E-state index is 13.4. The van der Waals surface area contributed by atoms with Crippen molar-refractivity contribution in [2.24, 2.45) is 0 Å². The number of nitrogens with one attached hydrogen (secondary N) is 1. The van der Waals surface area contributed by atoms with E-state index in [1.54, 1.807) is 23.6 Å². The van der Waals surface area contributed by atoms with Crippen LogP contribution in [0.4, 0.5) is 10.1 Å². The van der Waals surface area contributed by atoms with Crippen LogP contribution in [0.1, 0.15) is 15.2 Å². The third-order valence-corrected chi connectivity index (χ3v) is 3.12. The van der Waals surface area contributed by atoms with Gasteiger partial charge in [-0.2, -0.15) is 0 Å². The van der Waals surface area contributed by atoms with Crippen LogP contribution >= 0.6 is 11.3 Å². The molecule has 0 unspecified atom stereocenters. The molecule has 0 bridgehead atoms. The summed E-state index contributed by atoms with van der Waals surface area (Å²) in [5.74, 6) is 4.34. The number of thiophene rings is 1. The van der Waals surface area contributed by atoms with Gasteiger partial charge in [0.2, 0.25) is 0 Å². The minimum Gasteiger partial charge on any atom is -0.384 e. The zero-order chi connectivity index (χ0) is 13.7. The molecule has 0 spiro atoms. The standard InChI is InChI=1S/C14H10FNO2S/c15-12-5-1-2-6-13(12)16-14(18)10-8-11(19-9-10)4-3-7-17/h1-2,5-6,8-9,17H,7H2,(H,16,18).